The van der Waals surface area contributed by atoms with E-state index >= 15 is 0 Å². The van der Waals surface area contributed by atoms with Gasteiger partial charge in [-0.3, -0.25) is 4.79 Å². The molecule has 114 valence electrons. The van der Waals surface area contributed by atoms with Gasteiger partial charge in [-0.25, -0.2) is 0 Å². The highest BCUT2D eigenvalue weighted by Gasteiger charge is 1.99. The SMILES string of the molecule is N#Cc1ccccc1/C=C/c1ccc(-c2ccc(C=O)cc2)cc1. The molecule has 0 fully saturated rings. The second kappa shape index (κ2) is 7.21. The van der Waals surface area contributed by atoms with Crippen LogP contribution in [-0.2, 0) is 0 Å². The molecule has 0 spiro atoms. The molecule has 0 aliphatic carbocycles. The maximum atomic E-state index is 10.7. The van der Waals surface area contributed by atoms with Gasteiger partial charge in [-0.15, -0.1) is 0 Å². The van der Waals surface area contributed by atoms with Crippen molar-refractivity contribution in [3.8, 4) is 17.2 Å². The summed E-state index contributed by atoms with van der Waals surface area (Å²) in [6.07, 6.45) is 4.79. The number of benzene rings is 3. The summed E-state index contributed by atoms with van der Waals surface area (Å²) >= 11 is 0. The number of rotatable bonds is 4. The molecule has 0 amide bonds. The maximum absolute atomic E-state index is 10.7. The van der Waals surface area contributed by atoms with Crippen LogP contribution in [0.2, 0.25) is 0 Å². The number of carbonyl (C=O) groups is 1. The predicted molar refractivity (Wildman–Crippen MR) is 97.4 cm³/mol. The van der Waals surface area contributed by atoms with E-state index in [2.05, 4.69) is 6.07 Å². The van der Waals surface area contributed by atoms with Crippen molar-refractivity contribution in [3.05, 3.63) is 95.1 Å². The maximum Gasteiger partial charge on any atom is 0.150 e. The molecular weight excluding hydrogens is 294 g/mol. The molecule has 24 heavy (non-hydrogen) atoms. The predicted octanol–water partition coefficient (Wildman–Crippen LogP) is 5.21. The molecule has 3 aromatic carbocycles. The van der Waals surface area contributed by atoms with Gasteiger partial charge in [-0.2, -0.15) is 5.26 Å². The summed E-state index contributed by atoms with van der Waals surface area (Å²) in [4.78, 5) is 10.7. The lowest BCUT2D eigenvalue weighted by Crippen LogP contribution is -1.82. The number of hydrogen-bond donors (Lipinski definition) is 0. The lowest BCUT2D eigenvalue weighted by molar-refractivity contribution is 0.112. The van der Waals surface area contributed by atoms with E-state index < -0.39 is 0 Å². The van der Waals surface area contributed by atoms with E-state index in [0.717, 1.165) is 28.5 Å². The van der Waals surface area contributed by atoms with E-state index in [-0.39, 0.29) is 0 Å². The Hall–Kier alpha value is -3.44. The van der Waals surface area contributed by atoms with Crippen LogP contribution in [0.3, 0.4) is 0 Å². The van der Waals surface area contributed by atoms with Crippen LogP contribution in [-0.4, -0.2) is 6.29 Å². The molecule has 0 radical (unpaired) electrons. The Morgan fingerprint density at radius 3 is 1.88 bits per heavy atom. The molecule has 0 bridgehead atoms. The summed E-state index contributed by atoms with van der Waals surface area (Å²) < 4.78 is 0. The molecule has 0 heterocycles. The van der Waals surface area contributed by atoms with E-state index in [1.807, 2.05) is 84.9 Å². The smallest absolute Gasteiger partial charge is 0.150 e. The van der Waals surface area contributed by atoms with Gasteiger partial charge in [0.05, 0.1) is 11.6 Å². The monoisotopic (exact) mass is 309 g/mol. The van der Waals surface area contributed by atoms with Gasteiger partial charge in [0.2, 0.25) is 0 Å². The molecule has 0 aromatic heterocycles. The number of carbonyl (C=O) groups excluding carboxylic acids is 1. The van der Waals surface area contributed by atoms with Crippen molar-refractivity contribution in [3.63, 3.8) is 0 Å². The quantitative estimate of drug-likeness (QED) is 0.490. The molecule has 2 nitrogen and oxygen atoms in total. The lowest BCUT2D eigenvalue weighted by atomic mass is 10.0. The molecule has 0 aliphatic rings. The average molecular weight is 309 g/mol. The van der Waals surface area contributed by atoms with Crippen LogP contribution in [0, 0.1) is 11.3 Å². The Morgan fingerprint density at radius 1 is 0.708 bits per heavy atom. The molecule has 0 N–H and O–H groups in total. The summed E-state index contributed by atoms with van der Waals surface area (Å²) in [5.74, 6) is 0. The number of hydrogen-bond acceptors (Lipinski definition) is 2. The normalized spacial score (nSPS) is 10.5. The third-order valence-electron chi connectivity index (χ3n) is 3.83. The average Bonchev–Trinajstić information content (AvgIpc) is 2.67. The van der Waals surface area contributed by atoms with Crippen molar-refractivity contribution in [2.45, 2.75) is 0 Å². The Labute approximate surface area is 141 Å². The first-order valence-corrected chi connectivity index (χ1v) is 7.63. The van der Waals surface area contributed by atoms with E-state index in [1.54, 1.807) is 0 Å². The zero-order chi connectivity index (χ0) is 16.8. The molecule has 0 aliphatic heterocycles. The minimum Gasteiger partial charge on any atom is -0.298 e. The molecule has 0 saturated carbocycles. The first-order chi connectivity index (χ1) is 11.8. The van der Waals surface area contributed by atoms with Crippen molar-refractivity contribution >= 4 is 18.4 Å². The molecule has 2 heteroatoms. The van der Waals surface area contributed by atoms with E-state index in [1.165, 1.54) is 0 Å². The summed E-state index contributed by atoms with van der Waals surface area (Å²) in [6, 6.07) is 25.4. The zero-order valence-corrected chi connectivity index (χ0v) is 13.0. The highest BCUT2D eigenvalue weighted by molar-refractivity contribution is 5.77. The van der Waals surface area contributed by atoms with Gasteiger partial charge < -0.3 is 0 Å². The van der Waals surface area contributed by atoms with Crippen LogP contribution in [0.4, 0.5) is 0 Å². The number of nitriles is 1. The van der Waals surface area contributed by atoms with Gasteiger partial charge in [0.25, 0.3) is 0 Å². The van der Waals surface area contributed by atoms with Crippen LogP contribution in [0.25, 0.3) is 23.3 Å². The zero-order valence-electron chi connectivity index (χ0n) is 13.0. The van der Waals surface area contributed by atoms with Crippen molar-refractivity contribution < 1.29 is 4.79 Å². The molecule has 3 rings (SSSR count). The fourth-order valence-corrected chi connectivity index (χ4v) is 2.47. The highest BCUT2D eigenvalue weighted by atomic mass is 16.1. The van der Waals surface area contributed by atoms with Crippen LogP contribution < -0.4 is 0 Å². The topological polar surface area (TPSA) is 40.9 Å². The Morgan fingerprint density at radius 2 is 1.29 bits per heavy atom. The number of aldehydes is 1. The molecule has 0 saturated heterocycles. The van der Waals surface area contributed by atoms with Crippen molar-refractivity contribution in [1.29, 1.82) is 5.26 Å². The van der Waals surface area contributed by atoms with E-state index in [4.69, 9.17) is 5.26 Å². The van der Waals surface area contributed by atoms with E-state index in [0.29, 0.717) is 11.1 Å². The van der Waals surface area contributed by atoms with Gasteiger partial charge in [0.1, 0.15) is 6.29 Å². The largest absolute Gasteiger partial charge is 0.298 e. The fraction of sp³-hybridized carbons (Fsp3) is 0. The van der Waals surface area contributed by atoms with Gasteiger partial charge in [-0.05, 0) is 28.3 Å². The van der Waals surface area contributed by atoms with Crippen molar-refractivity contribution in [2.24, 2.45) is 0 Å². The molecular formula is C22H15NO. The minimum absolute atomic E-state index is 0.667. The standard InChI is InChI=1S/C22H15NO/c23-15-22-4-2-1-3-19(22)10-5-17-6-11-20(12-7-17)21-13-8-18(16-24)9-14-21/h1-14,16H/b10-5+. The van der Waals surface area contributed by atoms with Gasteiger partial charge in [0.15, 0.2) is 0 Å². The van der Waals surface area contributed by atoms with Crippen LogP contribution in [0.15, 0.2) is 72.8 Å². The van der Waals surface area contributed by atoms with Gasteiger partial charge in [-0.1, -0.05) is 78.9 Å². The van der Waals surface area contributed by atoms with Crippen LogP contribution in [0.1, 0.15) is 27.0 Å². The first-order valence-electron chi connectivity index (χ1n) is 7.63. The fourth-order valence-electron chi connectivity index (χ4n) is 2.47. The Balaban J connectivity index is 1.80. The molecule has 3 aromatic rings. The second-order valence-corrected chi connectivity index (χ2v) is 5.39. The second-order valence-electron chi connectivity index (χ2n) is 5.39. The van der Waals surface area contributed by atoms with Crippen molar-refractivity contribution in [2.75, 3.05) is 0 Å². The lowest BCUT2D eigenvalue weighted by Gasteiger charge is -2.03. The van der Waals surface area contributed by atoms with Gasteiger partial charge in [0, 0.05) is 5.56 Å². The summed E-state index contributed by atoms with van der Waals surface area (Å²) in [7, 11) is 0. The summed E-state index contributed by atoms with van der Waals surface area (Å²) in [5.41, 5.74) is 5.49. The Kier molecular flexibility index (Phi) is 4.65. The van der Waals surface area contributed by atoms with E-state index in [9.17, 15) is 4.79 Å². The molecule has 0 atom stereocenters. The third kappa shape index (κ3) is 3.48. The Bertz CT molecular complexity index is 913. The number of nitrogens with zero attached hydrogens (tertiary/aromatic N) is 1. The minimum atomic E-state index is 0.667. The first kappa shape index (κ1) is 15.5. The van der Waals surface area contributed by atoms with Crippen molar-refractivity contribution in [1.82, 2.24) is 0 Å². The van der Waals surface area contributed by atoms with Crippen LogP contribution in [0.5, 0.6) is 0 Å². The summed E-state index contributed by atoms with van der Waals surface area (Å²) in [5, 5.41) is 9.11. The highest BCUT2D eigenvalue weighted by Crippen LogP contribution is 2.21. The summed E-state index contributed by atoms with van der Waals surface area (Å²) in [6.45, 7) is 0. The van der Waals surface area contributed by atoms with Crippen LogP contribution >= 0.6 is 0 Å². The third-order valence-corrected chi connectivity index (χ3v) is 3.83. The van der Waals surface area contributed by atoms with Gasteiger partial charge >= 0.3 is 0 Å². The molecule has 0 unspecified atom stereocenters.